The van der Waals surface area contributed by atoms with Crippen LogP contribution in [0.3, 0.4) is 0 Å². The predicted molar refractivity (Wildman–Crippen MR) is 53.1 cm³/mol. The SMILES string of the molecule is Cc1ncnc(Br)c1[C@H](C)CC#N. The van der Waals surface area contributed by atoms with Gasteiger partial charge in [0, 0.05) is 17.7 Å². The molecule has 0 amide bonds. The average molecular weight is 240 g/mol. The quantitative estimate of drug-likeness (QED) is 0.746. The molecule has 0 unspecified atom stereocenters. The molecule has 13 heavy (non-hydrogen) atoms. The highest BCUT2D eigenvalue weighted by Crippen LogP contribution is 2.26. The fourth-order valence-electron chi connectivity index (χ4n) is 1.25. The largest absolute Gasteiger partial charge is 0.241 e. The summed E-state index contributed by atoms with van der Waals surface area (Å²) in [6.07, 6.45) is 2.01. The molecule has 1 rings (SSSR count). The lowest BCUT2D eigenvalue weighted by Gasteiger charge is -2.11. The minimum atomic E-state index is 0.181. The van der Waals surface area contributed by atoms with Gasteiger partial charge in [0.05, 0.1) is 6.07 Å². The number of nitrogens with zero attached hydrogens (tertiary/aromatic N) is 3. The summed E-state index contributed by atoms with van der Waals surface area (Å²) in [7, 11) is 0. The zero-order chi connectivity index (χ0) is 9.84. The number of halogens is 1. The minimum absolute atomic E-state index is 0.181. The van der Waals surface area contributed by atoms with E-state index in [0.29, 0.717) is 6.42 Å². The molecule has 0 fully saturated rings. The Hall–Kier alpha value is -0.950. The summed E-state index contributed by atoms with van der Waals surface area (Å²) in [6.45, 7) is 3.93. The van der Waals surface area contributed by atoms with Gasteiger partial charge in [-0.3, -0.25) is 0 Å². The molecular weight excluding hydrogens is 230 g/mol. The minimum Gasteiger partial charge on any atom is -0.241 e. The lowest BCUT2D eigenvalue weighted by atomic mass is 9.99. The fourth-order valence-corrected chi connectivity index (χ4v) is 2.02. The summed E-state index contributed by atoms with van der Waals surface area (Å²) in [4.78, 5) is 8.13. The molecule has 0 N–H and O–H groups in total. The van der Waals surface area contributed by atoms with Crippen molar-refractivity contribution in [3.05, 3.63) is 22.2 Å². The summed E-state index contributed by atoms with van der Waals surface area (Å²) < 4.78 is 0.794. The van der Waals surface area contributed by atoms with Gasteiger partial charge in [-0.05, 0) is 28.8 Å². The lowest BCUT2D eigenvalue weighted by Crippen LogP contribution is -2.01. The standard InChI is InChI=1S/C9H10BrN3/c1-6(3-4-11)8-7(2)12-5-13-9(8)10/h5-6H,3H2,1-2H3/t6-/m1/s1. The highest BCUT2D eigenvalue weighted by Gasteiger charge is 2.13. The van der Waals surface area contributed by atoms with Crippen LogP contribution < -0.4 is 0 Å². The maximum atomic E-state index is 8.57. The number of nitriles is 1. The first-order valence-electron chi connectivity index (χ1n) is 4.00. The molecule has 1 atom stereocenters. The highest BCUT2D eigenvalue weighted by atomic mass is 79.9. The second-order valence-corrected chi connectivity index (χ2v) is 3.68. The maximum absolute atomic E-state index is 8.57. The molecule has 0 saturated heterocycles. The molecule has 1 aromatic heterocycles. The Labute approximate surface area is 86.0 Å². The third-order valence-electron chi connectivity index (χ3n) is 1.92. The zero-order valence-electron chi connectivity index (χ0n) is 7.58. The molecule has 0 spiro atoms. The van der Waals surface area contributed by atoms with Crippen LogP contribution in [0.2, 0.25) is 0 Å². The van der Waals surface area contributed by atoms with E-state index in [4.69, 9.17) is 5.26 Å². The van der Waals surface area contributed by atoms with Crippen molar-refractivity contribution >= 4 is 15.9 Å². The molecule has 0 aliphatic rings. The first-order chi connectivity index (χ1) is 6.16. The second-order valence-electron chi connectivity index (χ2n) is 2.93. The van der Waals surface area contributed by atoms with Crippen LogP contribution in [0, 0.1) is 18.3 Å². The van der Waals surface area contributed by atoms with Gasteiger partial charge in [-0.15, -0.1) is 0 Å². The number of hydrogen-bond donors (Lipinski definition) is 0. The first-order valence-corrected chi connectivity index (χ1v) is 4.80. The average Bonchev–Trinajstić information content (AvgIpc) is 2.04. The van der Waals surface area contributed by atoms with E-state index in [1.807, 2.05) is 13.8 Å². The Morgan fingerprint density at radius 2 is 2.31 bits per heavy atom. The van der Waals surface area contributed by atoms with Gasteiger partial charge >= 0.3 is 0 Å². The molecule has 3 nitrogen and oxygen atoms in total. The molecule has 1 heterocycles. The third-order valence-corrected chi connectivity index (χ3v) is 2.56. The van der Waals surface area contributed by atoms with Gasteiger partial charge in [0.15, 0.2) is 0 Å². The summed E-state index contributed by atoms with van der Waals surface area (Å²) in [5.41, 5.74) is 1.97. The summed E-state index contributed by atoms with van der Waals surface area (Å²) in [6, 6.07) is 2.14. The number of aromatic nitrogens is 2. The van der Waals surface area contributed by atoms with Gasteiger partial charge in [0.2, 0.25) is 0 Å². The fraction of sp³-hybridized carbons (Fsp3) is 0.444. The van der Waals surface area contributed by atoms with E-state index < -0.39 is 0 Å². The van der Waals surface area contributed by atoms with Gasteiger partial charge in [0.1, 0.15) is 10.9 Å². The van der Waals surface area contributed by atoms with Crippen molar-refractivity contribution in [1.29, 1.82) is 5.26 Å². The van der Waals surface area contributed by atoms with E-state index in [-0.39, 0.29) is 5.92 Å². The van der Waals surface area contributed by atoms with Crippen LogP contribution >= 0.6 is 15.9 Å². The van der Waals surface area contributed by atoms with Gasteiger partial charge in [-0.2, -0.15) is 5.26 Å². The van der Waals surface area contributed by atoms with Gasteiger partial charge < -0.3 is 0 Å². The topological polar surface area (TPSA) is 49.6 Å². The van der Waals surface area contributed by atoms with Crippen molar-refractivity contribution in [3.63, 3.8) is 0 Å². The molecule has 4 heteroatoms. The monoisotopic (exact) mass is 239 g/mol. The van der Waals surface area contributed by atoms with E-state index in [2.05, 4.69) is 32.0 Å². The van der Waals surface area contributed by atoms with Crippen LogP contribution in [0.15, 0.2) is 10.9 Å². The number of aryl methyl sites for hydroxylation is 1. The van der Waals surface area contributed by atoms with Crippen LogP contribution in [-0.4, -0.2) is 9.97 Å². The Kier molecular flexibility index (Phi) is 3.38. The van der Waals surface area contributed by atoms with Crippen molar-refractivity contribution < 1.29 is 0 Å². The normalized spacial score (nSPS) is 12.2. The van der Waals surface area contributed by atoms with Crippen molar-refractivity contribution in [1.82, 2.24) is 9.97 Å². The first kappa shape index (κ1) is 10.1. The molecule has 0 radical (unpaired) electrons. The van der Waals surface area contributed by atoms with Crippen LogP contribution in [0.4, 0.5) is 0 Å². The van der Waals surface area contributed by atoms with Crippen LogP contribution in [-0.2, 0) is 0 Å². The number of rotatable bonds is 2. The third kappa shape index (κ3) is 2.25. The van der Waals surface area contributed by atoms with E-state index >= 15 is 0 Å². The smallest absolute Gasteiger partial charge is 0.116 e. The molecule has 0 saturated carbocycles. The van der Waals surface area contributed by atoms with Gasteiger partial charge in [-0.1, -0.05) is 6.92 Å². The van der Waals surface area contributed by atoms with E-state index in [1.54, 1.807) is 0 Å². The van der Waals surface area contributed by atoms with Crippen LogP contribution in [0.1, 0.15) is 30.5 Å². The molecular formula is C9H10BrN3. The Bertz CT molecular complexity index is 323. The van der Waals surface area contributed by atoms with Crippen molar-refractivity contribution in [3.8, 4) is 6.07 Å². The molecule has 0 aliphatic carbocycles. The van der Waals surface area contributed by atoms with Gasteiger partial charge in [-0.25, -0.2) is 9.97 Å². The Balaban J connectivity index is 3.06. The van der Waals surface area contributed by atoms with Crippen LogP contribution in [0.25, 0.3) is 0 Å². The Morgan fingerprint density at radius 1 is 1.62 bits per heavy atom. The number of hydrogen-bond acceptors (Lipinski definition) is 3. The summed E-state index contributed by atoms with van der Waals surface area (Å²) in [5.74, 6) is 0.181. The molecule has 0 aliphatic heterocycles. The van der Waals surface area contributed by atoms with Crippen LogP contribution in [0.5, 0.6) is 0 Å². The maximum Gasteiger partial charge on any atom is 0.116 e. The van der Waals surface area contributed by atoms with E-state index in [0.717, 1.165) is 15.9 Å². The van der Waals surface area contributed by atoms with Gasteiger partial charge in [0.25, 0.3) is 0 Å². The Morgan fingerprint density at radius 3 is 2.85 bits per heavy atom. The lowest BCUT2D eigenvalue weighted by molar-refractivity contribution is 0.757. The molecule has 68 valence electrons. The molecule has 0 aromatic carbocycles. The van der Waals surface area contributed by atoms with Crippen molar-refractivity contribution in [2.45, 2.75) is 26.2 Å². The predicted octanol–water partition coefficient (Wildman–Crippen LogP) is 2.56. The van der Waals surface area contributed by atoms with Crippen molar-refractivity contribution in [2.75, 3.05) is 0 Å². The van der Waals surface area contributed by atoms with E-state index in [9.17, 15) is 0 Å². The summed E-state index contributed by atoms with van der Waals surface area (Å²) >= 11 is 3.36. The second kappa shape index (κ2) is 4.33. The molecule has 1 aromatic rings. The molecule has 0 bridgehead atoms. The highest BCUT2D eigenvalue weighted by molar-refractivity contribution is 9.10. The summed E-state index contributed by atoms with van der Waals surface area (Å²) in [5, 5.41) is 8.57. The van der Waals surface area contributed by atoms with E-state index in [1.165, 1.54) is 6.33 Å². The van der Waals surface area contributed by atoms with Crippen molar-refractivity contribution in [2.24, 2.45) is 0 Å². The zero-order valence-corrected chi connectivity index (χ0v) is 9.17.